The molecule has 0 spiro atoms. The second-order valence-corrected chi connectivity index (χ2v) is 11.6. The minimum atomic E-state index is -0.539. The lowest BCUT2D eigenvalue weighted by Gasteiger charge is -2.37. The maximum atomic E-state index is 13.8. The van der Waals surface area contributed by atoms with Crippen LogP contribution in [0.4, 0.5) is 5.69 Å². The van der Waals surface area contributed by atoms with Crippen LogP contribution in [0.1, 0.15) is 54.4 Å². The zero-order valence-corrected chi connectivity index (χ0v) is 23.8. The standard InChI is InChI=1S/C30H32N4O4S/c1-16-8-10-23(36-6)21(14-16)28-32-29-25(30(35)38-27-18(3)12-17(2)13-19(27)4)26(31-5)22(34(29)33-28)15-20-9-11-24(37-7)39-20/h8-11,14-15,17-19,27H,12-13H2,1-4,6-7H3/b22-15+. The van der Waals surface area contributed by atoms with Gasteiger partial charge in [-0.05, 0) is 67.9 Å². The molecule has 1 saturated carbocycles. The zero-order chi connectivity index (χ0) is 27.8. The summed E-state index contributed by atoms with van der Waals surface area (Å²) in [6, 6.07) is 9.53. The lowest BCUT2D eigenvalue weighted by Crippen LogP contribution is -2.37. The molecule has 2 unspecified atom stereocenters. The number of hydrogen-bond donors (Lipinski definition) is 0. The first-order valence-corrected chi connectivity index (χ1v) is 13.9. The minimum Gasteiger partial charge on any atom is -0.496 e. The summed E-state index contributed by atoms with van der Waals surface area (Å²) in [5, 5.41) is 5.99. The monoisotopic (exact) mass is 544 g/mol. The van der Waals surface area contributed by atoms with Crippen LogP contribution in [-0.2, 0) is 4.74 Å². The number of nitrogens with zero attached hydrogens (tertiary/aromatic N) is 4. The molecule has 39 heavy (non-hydrogen) atoms. The number of rotatable bonds is 6. The number of aryl methyl sites for hydroxylation is 1. The highest BCUT2D eigenvalue weighted by atomic mass is 32.1. The number of thiophene rings is 1. The maximum absolute atomic E-state index is 13.8. The average Bonchev–Trinajstić information content (AvgIpc) is 3.61. The van der Waals surface area contributed by atoms with Crippen molar-refractivity contribution < 1.29 is 19.0 Å². The van der Waals surface area contributed by atoms with Crippen LogP contribution in [0.15, 0.2) is 30.3 Å². The molecule has 1 aliphatic carbocycles. The summed E-state index contributed by atoms with van der Waals surface area (Å²) < 4.78 is 18.6. The Balaban J connectivity index is 1.69. The third-order valence-electron chi connectivity index (χ3n) is 7.45. The summed E-state index contributed by atoms with van der Waals surface area (Å²) in [6.45, 7) is 16.5. The fraction of sp³-hybridized carbons (Fsp3) is 0.400. The van der Waals surface area contributed by atoms with E-state index < -0.39 is 5.97 Å². The summed E-state index contributed by atoms with van der Waals surface area (Å²) in [4.78, 5) is 23.2. The average molecular weight is 545 g/mol. The van der Waals surface area contributed by atoms with E-state index >= 15 is 0 Å². The third kappa shape index (κ3) is 4.97. The van der Waals surface area contributed by atoms with E-state index in [2.05, 4.69) is 25.6 Å². The highest BCUT2D eigenvalue weighted by molar-refractivity contribution is 7.14. The number of fused-ring (bicyclic) bond motifs is 1. The highest BCUT2D eigenvalue weighted by Crippen LogP contribution is 2.37. The molecule has 1 aliphatic rings. The van der Waals surface area contributed by atoms with Gasteiger partial charge in [0, 0.05) is 4.88 Å². The maximum Gasteiger partial charge on any atom is 0.331 e. The lowest BCUT2D eigenvalue weighted by atomic mass is 9.75. The van der Waals surface area contributed by atoms with E-state index in [1.807, 2.05) is 43.3 Å². The number of hydrogen-bond acceptors (Lipinski definition) is 7. The van der Waals surface area contributed by atoms with Crippen molar-refractivity contribution in [2.75, 3.05) is 14.2 Å². The predicted molar refractivity (Wildman–Crippen MR) is 152 cm³/mol. The van der Waals surface area contributed by atoms with Crippen molar-refractivity contribution in [1.29, 1.82) is 0 Å². The number of esters is 1. The number of carbonyl (C=O) groups excluding carboxylic acids is 1. The molecular weight excluding hydrogens is 512 g/mol. The first-order valence-electron chi connectivity index (χ1n) is 13.0. The number of carbonyl (C=O) groups is 1. The summed E-state index contributed by atoms with van der Waals surface area (Å²) in [5.41, 5.74) is 2.34. The van der Waals surface area contributed by atoms with Gasteiger partial charge in [-0.25, -0.2) is 19.1 Å². The Bertz CT molecular complexity index is 1620. The molecule has 0 radical (unpaired) electrons. The fourth-order valence-corrected chi connectivity index (χ4v) is 6.54. The van der Waals surface area contributed by atoms with Crippen molar-refractivity contribution in [2.45, 2.75) is 46.6 Å². The van der Waals surface area contributed by atoms with Gasteiger partial charge >= 0.3 is 5.97 Å². The molecule has 2 atom stereocenters. The van der Waals surface area contributed by atoms with E-state index in [9.17, 15) is 4.79 Å². The Hall–Kier alpha value is -3.90. The van der Waals surface area contributed by atoms with Crippen molar-refractivity contribution >= 4 is 34.7 Å². The number of benzene rings is 1. The van der Waals surface area contributed by atoms with Gasteiger partial charge in [-0.1, -0.05) is 43.7 Å². The Morgan fingerprint density at radius 2 is 1.87 bits per heavy atom. The van der Waals surface area contributed by atoms with E-state index in [1.165, 1.54) is 11.3 Å². The van der Waals surface area contributed by atoms with Gasteiger partial charge in [0.1, 0.15) is 17.4 Å². The molecule has 1 fully saturated rings. The van der Waals surface area contributed by atoms with Gasteiger partial charge in [-0.15, -0.1) is 5.10 Å². The molecule has 0 N–H and O–H groups in total. The van der Waals surface area contributed by atoms with E-state index in [4.69, 9.17) is 30.9 Å². The van der Waals surface area contributed by atoms with Gasteiger partial charge in [0.15, 0.2) is 16.5 Å². The fourth-order valence-electron chi connectivity index (χ4n) is 5.78. The van der Waals surface area contributed by atoms with Crippen molar-refractivity contribution in [3.05, 3.63) is 63.1 Å². The summed E-state index contributed by atoms with van der Waals surface area (Å²) in [7, 11) is 3.21. The van der Waals surface area contributed by atoms with Crippen LogP contribution >= 0.6 is 11.3 Å². The van der Waals surface area contributed by atoms with Crippen LogP contribution in [-0.4, -0.2) is 40.9 Å². The molecule has 9 heteroatoms. The normalized spacial score (nSPS) is 21.6. The van der Waals surface area contributed by atoms with Gasteiger partial charge in [0.2, 0.25) is 5.69 Å². The van der Waals surface area contributed by atoms with Crippen molar-refractivity contribution in [1.82, 2.24) is 14.6 Å². The third-order valence-corrected chi connectivity index (χ3v) is 8.44. The predicted octanol–water partition coefficient (Wildman–Crippen LogP) is 6.11. The lowest BCUT2D eigenvalue weighted by molar-refractivity contribution is -0.0249. The second-order valence-electron chi connectivity index (χ2n) is 10.5. The molecule has 0 aliphatic heterocycles. The molecule has 4 aromatic rings. The van der Waals surface area contributed by atoms with Crippen molar-refractivity contribution in [2.24, 2.45) is 17.8 Å². The van der Waals surface area contributed by atoms with Gasteiger partial charge in [-0.2, -0.15) is 0 Å². The molecule has 202 valence electrons. The molecular formula is C30H32N4O4S. The topological polar surface area (TPSA) is 79.3 Å². The van der Waals surface area contributed by atoms with E-state index in [1.54, 1.807) is 18.7 Å². The molecule has 0 saturated heterocycles. The molecule has 3 heterocycles. The minimum absolute atomic E-state index is 0.142. The van der Waals surface area contributed by atoms with Crippen molar-refractivity contribution in [3.63, 3.8) is 0 Å². The Labute approximate surface area is 232 Å². The van der Waals surface area contributed by atoms with Gasteiger partial charge < -0.3 is 14.2 Å². The van der Waals surface area contributed by atoms with E-state index in [-0.39, 0.29) is 29.2 Å². The first kappa shape index (κ1) is 26.7. The van der Waals surface area contributed by atoms with Crippen LogP contribution in [0.2, 0.25) is 0 Å². The van der Waals surface area contributed by atoms with E-state index in [0.29, 0.717) is 34.1 Å². The van der Waals surface area contributed by atoms with Crippen LogP contribution in [0.25, 0.3) is 28.0 Å². The number of aromatic nitrogens is 3. The second kappa shape index (κ2) is 10.7. The first-order chi connectivity index (χ1) is 18.7. The van der Waals surface area contributed by atoms with Crippen LogP contribution in [0.5, 0.6) is 10.8 Å². The highest BCUT2D eigenvalue weighted by Gasteiger charge is 2.36. The summed E-state index contributed by atoms with van der Waals surface area (Å²) in [5.74, 6) is 1.53. The van der Waals surface area contributed by atoms with Crippen LogP contribution in [0, 0.1) is 31.2 Å². The van der Waals surface area contributed by atoms with Crippen LogP contribution in [0.3, 0.4) is 0 Å². The molecule has 1 aromatic carbocycles. The van der Waals surface area contributed by atoms with Gasteiger partial charge in [0.05, 0.1) is 31.7 Å². The quantitative estimate of drug-likeness (QED) is 0.215. The van der Waals surface area contributed by atoms with E-state index in [0.717, 1.165) is 28.3 Å². The van der Waals surface area contributed by atoms with Gasteiger partial charge in [-0.3, -0.25) is 0 Å². The van der Waals surface area contributed by atoms with Crippen LogP contribution < -0.4 is 14.8 Å². The Morgan fingerprint density at radius 3 is 2.51 bits per heavy atom. The Kier molecular flexibility index (Phi) is 7.32. The summed E-state index contributed by atoms with van der Waals surface area (Å²) in [6.07, 6.45) is 3.60. The Morgan fingerprint density at radius 1 is 1.13 bits per heavy atom. The number of ether oxygens (including phenoxy) is 3. The largest absolute Gasteiger partial charge is 0.496 e. The number of methoxy groups -OCH3 is 2. The molecule has 0 amide bonds. The SMILES string of the molecule is [C-]#[N+]c1c(C(=O)OC2C(C)CC(C)CC2C)c2nc(-c3cc(C)ccc3OC)nn2/c1=C/c1ccc(OC)s1. The molecule has 5 rings (SSSR count). The van der Waals surface area contributed by atoms with Gasteiger partial charge in [0.25, 0.3) is 0 Å². The zero-order valence-electron chi connectivity index (χ0n) is 23.0. The summed E-state index contributed by atoms with van der Waals surface area (Å²) >= 11 is 1.44. The molecule has 3 aromatic heterocycles. The van der Waals surface area contributed by atoms with Crippen molar-refractivity contribution in [3.8, 4) is 22.2 Å². The molecule has 8 nitrogen and oxygen atoms in total. The molecule has 0 bridgehead atoms. The smallest absolute Gasteiger partial charge is 0.331 e.